The van der Waals surface area contributed by atoms with E-state index in [-0.39, 0.29) is 11.4 Å². The average Bonchev–Trinajstić information content (AvgIpc) is 3.47. The van der Waals surface area contributed by atoms with Crippen LogP contribution in [0, 0.1) is 26.2 Å². The number of aromatic nitrogens is 1. The minimum Gasteiger partial charge on any atom is -0.462 e. The van der Waals surface area contributed by atoms with Crippen molar-refractivity contribution in [3.63, 3.8) is 0 Å². The Kier molecular flexibility index (Phi) is 4.91. The summed E-state index contributed by atoms with van der Waals surface area (Å²) in [7, 11) is 0. The van der Waals surface area contributed by atoms with E-state index in [1.807, 2.05) is 45.0 Å². The number of carbonyl (C=O) groups is 1. The number of nitrogens with zero attached hydrogens (tertiary/aromatic N) is 4. The van der Waals surface area contributed by atoms with E-state index in [1.165, 1.54) is 16.8 Å². The van der Waals surface area contributed by atoms with Gasteiger partial charge in [-0.2, -0.15) is 15.1 Å². The molecule has 32 heavy (non-hydrogen) atoms. The van der Waals surface area contributed by atoms with Gasteiger partial charge in [-0.1, -0.05) is 17.7 Å². The lowest BCUT2D eigenvalue weighted by molar-refractivity contribution is -0.114. The molecule has 0 fully saturated rings. The molecule has 0 spiro atoms. The van der Waals surface area contributed by atoms with E-state index in [2.05, 4.69) is 14.7 Å². The molecule has 1 amide bonds. The third-order valence-electron chi connectivity index (χ3n) is 5.37. The van der Waals surface area contributed by atoms with E-state index in [0.29, 0.717) is 21.0 Å². The van der Waals surface area contributed by atoms with E-state index in [9.17, 15) is 4.79 Å². The topological polar surface area (TPSA) is 86.9 Å². The van der Waals surface area contributed by atoms with E-state index >= 15 is 0 Å². The van der Waals surface area contributed by atoms with Crippen LogP contribution in [0.15, 0.2) is 62.7 Å². The Morgan fingerprint density at radius 3 is 2.75 bits per heavy atom. The van der Waals surface area contributed by atoms with Crippen molar-refractivity contribution in [2.24, 2.45) is 10.1 Å². The molecular formula is C23H18ClN5O2S. The number of carbonyl (C=O) groups excluding carboxylic acids is 1. The highest BCUT2D eigenvalue weighted by molar-refractivity contribution is 8.27. The molecular weight excluding hydrogens is 446 g/mol. The third kappa shape index (κ3) is 3.32. The summed E-state index contributed by atoms with van der Waals surface area (Å²) in [6, 6.07) is 11.3. The highest BCUT2D eigenvalue weighted by Crippen LogP contribution is 2.32. The van der Waals surface area contributed by atoms with Gasteiger partial charge in [0.25, 0.3) is 5.91 Å². The van der Waals surface area contributed by atoms with Gasteiger partial charge in [-0.15, -0.1) is 0 Å². The molecule has 1 N–H and O–H groups in total. The SMILES string of the molecule is Cc1ccc(Cl)cc1-n1c(C)cc(C=C2C(=N)N3N=C(c4ccco4)SC3=NC2=O)c1C. The third-order valence-corrected chi connectivity index (χ3v) is 6.53. The monoisotopic (exact) mass is 463 g/mol. The summed E-state index contributed by atoms with van der Waals surface area (Å²) in [6.45, 7) is 6.00. The number of amides is 1. The molecule has 0 atom stereocenters. The Morgan fingerprint density at radius 1 is 1.19 bits per heavy atom. The summed E-state index contributed by atoms with van der Waals surface area (Å²) >= 11 is 7.44. The molecule has 3 aromatic rings. The Morgan fingerprint density at radius 2 is 2.00 bits per heavy atom. The maximum absolute atomic E-state index is 12.8. The van der Waals surface area contributed by atoms with Crippen molar-refractivity contribution in [3.8, 4) is 5.69 Å². The zero-order valence-corrected chi connectivity index (χ0v) is 19.1. The minimum absolute atomic E-state index is 0.0159. The van der Waals surface area contributed by atoms with Crippen LogP contribution in [0.3, 0.4) is 0 Å². The number of thioether (sulfide) groups is 1. The molecule has 0 radical (unpaired) electrons. The number of hydrogen-bond acceptors (Lipinski definition) is 5. The van der Waals surface area contributed by atoms with Crippen LogP contribution in [-0.4, -0.2) is 31.5 Å². The van der Waals surface area contributed by atoms with Gasteiger partial charge in [-0.25, -0.2) is 0 Å². The molecule has 4 heterocycles. The van der Waals surface area contributed by atoms with E-state index in [1.54, 1.807) is 24.5 Å². The smallest absolute Gasteiger partial charge is 0.283 e. The summed E-state index contributed by atoms with van der Waals surface area (Å²) in [5.41, 5.74) is 5.00. The van der Waals surface area contributed by atoms with Crippen LogP contribution >= 0.6 is 23.4 Å². The Bertz CT molecular complexity index is 1380. The van der Waals surface area contributed by atoms with E-state index in [0.717, 1.165) is 28.2 Å². The lowest BCUT2D eigenvalue weighted by atomic mass is 10.1. The predicted octanol–water partition coefficient (Wildman–Crippen LogP) is 5.32. The molecule has 0 saturated heterocycles. The predicted molar refractivity (Wildman–Crippen MR) is 128 cm³/mol. The molecule has 0 saturated carbocycles. The van der Waals surface area contributed by atoms with Crippen molar-refractivity contribution >= 4 is 51.4 Å². The molecule has 7 nitrogen and oxygen atoms in total. The van der Waals surface area contributed by atoms with Crippen LogP contribution in [0.4, 0.5) is 0 Å². The molecule has 0 unspecified atom stereocenters. The van der Waals surface area contributed by atoms with Gasteiger partial charge in [-0.05, 0) is 80.1 Å². The van der Waals surface area contributed by atoms with Gasteiger partial charge in [0.15, 0.2) is 16.6 Å². The molecule has 2 aliphatic heterocycles. The summed E-state index contributed by atoms with van der Waals surface area (Å²) in [6.07, 6.45) is 3.26. The minimum atomic E-state index is -0.464. The number of benzene rings is 1. The molecule has 2 aliphatic rings. The zero-order valence-electron chi connectivity index (χ0n) is 17.5. The lowest BCUT2D eigenvalue weighted by Gasteiger charge is -2.20. The summed E-state index contributed by atoms with van der Waals surface area (Å²) in [4.78, 5) is 16.9. The number of hydrazone groups is 1. The number of aliphatic imine (C=N–C) groups is 1. The second-order valence-electron chi connectivity index (χ2n) is 7.50. The van der Waals surface area contributed by atoms with Gasteiger partial charge in [0.2, 0.25) is 5.17 Å². The molecule has 0 aliphatic carbocycles. The Labute approximate surface area is 193 Å². The Hall–Kier alpha value is -3.36. The first-order chi connectivity index (χ1) is 15.3. The van der Waals surface area contributed by atoms with Crippen molar-refractivity contribution in [1.29, 1.82) is 5.41 Å². The maximum atomic E-state index is 12.8. The fraction of sp³-hybridized carbons (Fsp3) is 0.130. The van der Waals surface area contributed by atoms with Crippen molar-refractivity contribution in [1.82, 2.24) is 9.58 Å². The highest BCUT2D eigenvalue weighted by atomic mass is 35.5. The van der Waals surface area contributed by atoms with Crippen LogP contribution in [0.2, 0.25) is 5.02 Å². The number of aryl methyl sites for hydroxylation is 2. The number of rotatable bonds is 3. The quantitative estimate of drug-likeness (QED) is 0.533. The largest absolute Gasteiger partial charge is 0.462 e. The van der Waals surface area contributed by atoms with Gasteiger partial charge < -0.3 is 8.98 Å². The summed E-state index contributed by atoms with van der Waals surface area (Å²) < 4.78 is 7.48. The van der Waals surface area contributed by atoms with Gasteiger partial charge in [0, 0.05) is 22.1 Å². The summed E-state index contributed by atoms with van der Waals surface area (Å²) in [5.74, 6) is 0.0875. The first kappa shape index (κ1) is 20.5. The van der Waals surface area contributed by atoms with Crippen LogP contribution < -0.4 is 0 Å². The van der Waals surface area contributed by atoms with Crippen molar-refractivity contribution in [2.75, 3.05) is 0 Å². The second-order valence-corrected chi connectivity index (χ2v) is 8.89. The molecule has 2 aromatic heterocycles. The lowest BCUT2D eigenvalue weighted by Crippen LogP contribution is -2.35. The van der Waals surface area contributed by atoms with Crippen LogP contribution in [0.1, 0.15) is 28.3 Å². The van der Waals surface area contributed by atoms with Crippen molar-refractivity contribution in [2.45, 2.75) is 20.8 Å². The first-order valence-electron chi connectivity index (χ1n) is 9.83. The van der Waals surface area contributed by atoms with Gasteiger partial charge >= 0.3 is 0 Å². The molecule has 1 aromatic carbocycles. The summed E-state index contributed by atoms with van der Waals surface area (Å²) in [5, 5.41) is 16.0. The maximum Gasteiger partial charge on any atom is 0.283 e. The molecule has 5 rings (SSSR count). The molecule has 160 valence electrons. The van der Waals surface area contributed by atoms with Crippen molar-refractivity contribution in [3.05, 3.63) is 81.5 Å². The number of fused-ring (bicyclic) bond motifs is 1. The highest BCUT2D eigenvalue weighted by Gasteiger charge is 2.36. The number of amidine groups is 2. The zero-order chi connectivity index (χ0) is 22.6. The van der Waals surface area contributed by atoms with Gasteiger partial charge in [-0.3, -0.25) is 10.2 Å². The molecule has 0 bridgehead atoms. The number of halogens is 1. The molecule has 9 heteroatoms. The van der Waals surface area contributed by atoms with E-state index in [4.69, 9.17) is 21.4 Å². The normalized spacial score (nSPS) is 17.1. The first-order valence-corrected chi connectivity index (χ1v) is 11.0. The fourth-order valence-corrected chi connectivity index (χ4v) is 4.80. The number of hydrogen-bond donors (Lipinski definition) is 1. The van der Waals surface area contributed by atoms with Crippen LogP contribution in [0.25, 0.3) is 11.8 Å². The number of furan rings is 1. The number of nitrogens with one attached hydrogen (secondary N) is 1. The van der Waals surface area contributed by atoms with E-state index < -0.39 is 5.91 Å². The van der Waals surface area contributed by atoms with Crippen LogP contribution in [0.5, 0.6) is 0 Å². The second kappa shape index (κ2) is 7.65. The van der Waals surface area contributed by atoms with Crippen LogP contribution in [-0.2, 0) is 4.79 Å². The average molecular weight is 464 g/mol. The van der Waals surface area contributed by atoms with Gasteiger partial charge in [0.1, 0.15) is 0 Å². The fourth-order valence-electron chi connectivity index (χ4n) is 3.78. The standard InChI is InChI=1S/C23H18ClN5O2S/c1-12-6-7-16(24)11-18(12)28-13(2)9-15(14(28)3)10-17-20(25)29-23(26-21(17)30)32-22(27-29)19-5-4-8-31-19/h4-11,25H,1-3H3. The van der Waals surface area contributed by atoms with Gasteiger partial charge in [0.05, 0.1) is 11.8 Å². The Balaban J connectivity index is 1.55. The van der Waals surface area contributed by atoms with Crippen molar-refractivity contribution < 1.29 is 9.21 Å².